The summed E-state index contributed by atoms with van der Waals surface area (Å²) in [4.78, 5) is 1.15. The maximum absolute atomic E-state index is 9.69. The van der Waals surface area contributed by atoms with Crippen LogP contribution in [0.15, 0.2) is 47.4 Å². The fourth-order valence-electron chi connectivity index (χ4n) is 1.68. The molecule has 84 valence electrons. The number of nitriles is 1. The molecule has 0 radical (unpaired) electrons. The molecule has 2 rings (SSSR count). The maximum atomic E-state index is 9.69. The molecule has 0 bridgehead atoms. The predicted octanol–water partition coefficient (Wildman–Crippen LogP) is 3.65. The van der Waals surface area contributed by atoms with Crippen LogP contribution in [0.3, 0.4) is 0 Å². The molecule has 3 heteroatoms. The van der Waals surface area contributed by atoms with Crippen LogP contribution < -0.4 is 0 Å². The number of benzene rings is 2. The van der Waals surface area contributed by atoms with Crippen molar-refractivity contribution in [3.63, 3.8) is 0 Å². The maximum Gasteiger partial charge on any atom is 0.133 e. The van der Waals surface area contributed by atoms with Gasteiger partial charge in [-0.2, -0.15) is 5.26 Å². The Balaban J connectivity index is 2.54. The summed E-state index contributed by atoms with van der Waals surface area (Å²) in [5, 5.41) is 18.5. The van der Waals surface area contributed by atoms with Gasteiger partial charge in [-0.1, -0.05) is 24.3 Å². The highest BCUT2D eigenvalue weighted by atomic mass is 32.2. The van der Waals surface area contributed by atoms with Gasteiger partial charge in [-0.25, -0.2) is 0 Å². The van der Waals surface area contributed by atoms with E-state index in [0.29, 0.717) is 5.56 Å². The smallest absolute Gasteiger partial charge is 0.133 e. The summed E-state index contributed by atoms with van der Waals surface area (Å²) >= 11 is 1.66. The van der Waals surface area contributed by atoms with E-state index in [1.807, 2.05) is 42.7 Å². The Kier molecular flexibility index (Phi) is 3.36. The normalized spacial score (nSPS) is 9.88. The molecule has 0 unspecified atom stereocenters. The second kappa shape index (κ2) is 4.94. The molecule has 0 saturated carbocycles. The lowest BCUT2D eigenvalue weighted by Gasteiger charge is -2.08. The third-order valence-electron chi connectivity index (χ3n) is 2.54. The van der Waals surface area contributed by atoms with Crippen LogP contribution in [0.4, 0.5) is 0 Å². The molecular formula is C14H11NOS. The number of phenolic OH excluding ortho intramolecular Hbond substituents is 1. The first-order chi connectivity index (χ1) is 8.26. The largest absolute Gasteiger partial charge is 0.507 e. The van der Waals surface area contributed by atoms with E-state index in [-0.39, 0.29) is 5.75 Å². The van der Waals surface area contributed by atoms with Gasteiger partial charge in [-0.05, 0) is 35.6 Å². The minimum atomic E-state index is 0.0286. The van der Waals surface area contributed by atoms with Gasteiger partial charge in [-0.15, -0.1) is 11.8 Å². The Morgan fingerprint density at radius 3 is 2.59 bits per heavy atom. The van der Waals surface area contributed by atoms with E-state index in [4.69, 9.17) is 5.26 Å². The van der Waals surface area contributed by atoms with Crippen LogP contribution >= 0.6 is 11.8 Å². The van der Waals surface area contributed by atoms with E-state index >= 15 is 0 Å². The van der Waals surface area contributed by atoms with E-state index in [0.717, 1.165) is 16.0 Å². The summed E-state index contributed by atoms with van der Waals surface area (Å²) in [7, 11) is 0. The molecule has 0 aliphatic heterocycles. The highest BCUT2D eigenvalue weighted by Gasteiger charge is 2.06. The Labute approximate surface area is 105 Å². The van der Waals surface area contributed by atoms with E-state index in [1.54, 1.807) is 23.9 Å². The predicted molar refractivity (Wildman–Crippen MR) is 70.0 cm³/mol. The van der Waals surface area contributed by atoms with Gasteiger partial charge < -0.3 is 5.11 Å². The first kappa shape index (κ1) is 11.6. The molecule has 0 heterocycles. The minimum Gasteiger partial charge on any atom is -0.507 e. The minimum absolute atomic E-state index is 0.0286. The molecule has 0 amide bonds. The monoisotopic (exact) mass is 241 g/mol. The van der Waals surface area contributed by atoms with Gasteiger partial charge in [0.15, 0.2) is 0 Å². The lowest BCUT2D eigenvalue weighted by molar-refractivity contribution is 0.474. The Morgan fingerprint density at radius 2 is 1.94 bits per heavy atom. The Morgan fingerprint density at radius 1 is 1.18 bits per heavy atom. The van der Waals surface area contributed by atoms with Crippen LogP contribution in [0.1, 0.15) is 5.56 Å². The Hall–Kier alpha value is -1.92. The summed E-state index contributed by atoms with van der Waals surface area (Å²) in [5.41, 5.74) is 2.29. The number of hydrogen-bond acceptors (Lipinski definition) is 3. The number of nitrogens with zero attached hydrogens (tertiary/aromatic N) is 1. The number of thioether (sulfide) groups is 1. The average molecular weight is 241 g/mol. The zero-order valence-corrected chi connectivity index (χ0v) is 10.2. The number of aromatic hydroxyl groups is 1. The van der Waals surface area contributed by atoms with Gasteiger partial charge in [-0.3, -0.25) is 0 Å². The number of phenols is 1. The van der Waals surface area contributed by atoms with Gasteiger partial charge in [0.25, 0.3) is 0 Å². The highest BCUT2D eigenvalue weighted by molar-refractivity contribution is 7.98. The number of rotatable bonds is 2. The van der Waals surface area contributed by atoms with E-state index in [1.165, 1.54) is 0 Å². The van der Waals surface area contributed by atoms with E-state index in [2.05, 4.69) is 0 Å². The first-order valence-electron chi connectivity index (χ1n) is 5.12. The molecule has 0 aromatic heterocycles. The molecular weight excluding hydrogens is 230 g/mol. The summed E-state index contributed by atoms with van der Waals surface area (Å²) in [5.74, 6) is 0.0286. The van der Waals surface area contributed by atoms with Gasteiger partial charge >= 0.3 is 0 Å². The molecule has 1 N–H and O–H groups in total. The van der Waals surface area contributed by atoms with Crippen molar-refractivity contribution < 1.29 is 5.11 Å². The third-order valence-corrected chi connectivity index (χ3v) is 3.33. The van der Waals surface area contributed by atoms with Crippen molar-refractivity contribution >= 4 is 11.8 Å². The van der Waals surface area contributed by atoms with Gasteiger partial charge in [0.2, 0.25) is 0 Å². The zero-order chi connectivity index (χ0) is 12.3. The van der Waals surface area contributed by atoms with Gasteiger partial charge in [0.05, 0.1) is 5.56 Å². The van der Waals surface area contributed by atoms with Gasteiger partial charge in [0.1, 0.15) is 11.8 Å². The highest BCUT2D eigenvalue weighted by Crippen LogP contribution is 2.32. The second-order valence-corrected chi connectivity index (χ2v) is 4.39. The lowest BCUT2D eigenvalue weighted by Crippen LogP contribution is -1.83. The third kappa shape index (κ3) is 2.27. The molecule has 0 spiro atoms. The van der Waals surface area contributed by atoms with E-state index < -0.39 is 0 Å². The van der Waals surface area contributed by atoms with Crippen LogP contribution in [0.2, 0.25) is 0 Å². The summed E-state index contributed by atoms with van der Waals surface area (Å²) in [6.07, 6.45) is 2.02. The fraction of sp³-hybridized carbons (Fsp3) is 0.0714. The van der Waals surface area contributed by atoms with Crippen LogP contribution in [0.25, 0.3) is 11.1 Å². The van der Waals surface area contributed by atoms with Crippen molar-refractivity contribution in [2.75, 3.05) is 6.26 Å². The van der Waals surface area contributed by atoms with Crippen LogP contribution in [0, 0.1) is 11.3 Å². The molecule has 0 atom stereocenters. The molecule has 0 fully saturated rings. The lowest BCUT2D eigenvalue weighted by atomic mass is 10.0. The Bertz CT molecular complexity index is 587. The van der Waals surface area contributed by atoms with E-state index in [9.17, 15) is 5.11 Å². The molecule has 2 aromatic carbocycles. The fourth-order valence-corrected chi connectivity index (χ4v) is 2.30. The van der Waals surface area contributed by atoms with Gasteiger partial charge in [0, 0.05) is 4.90 Å². The number of hydrogen-bond donors (Lipinski definition) is 1. The second-order valence-electron chi connectivity index (χ2n) is 3.54. The molecule has 0 aliphatic rings. The summed E-state index contributed by atoms with van der Waals surface area (Å²) in [6, 6.07) is 15.1. The summed E-state index contributed by atoms with van der Waals surface area (Å²) < 4.78 is 0. The van der Waals surface area contributed by atoms with Crippen LogP contribution in [0.5, 0.6) is 5.75 Å². The average Bonchev–Trinajstić information content (AvgIpc) is 2.38. The quantitative estimate of drug-likeness (QED) is 0.816. The SMILES string of the molecule is CSc1ccccc1-c1ccc(C#N)c(O)c1. The molecule has 0 aliphatic carbocycles. The van der Waals surface area contributed by atoms with Crippen molar-refractivity contribution in [3.8, 4) is 22.9 Å². The molecule has 17 heavy (non-hydrogen) atoms. The molecule has 0 saturated heterocycles. The standard InChI is InChI=1S/C14H11NOS/c1-17-14-5-3-2-4-12(14)10-6-7-11(9-15)13(16)8-10/h2-8,16H,1H3. The van der Waals surface area contributed by atoms with Crippen molar-refractivity contribution in [1.29, 1.82) is 5.26 Å². The van der Waals surface area contributed by atoms with Crippen molar-refractivity contribution in [1.82, 2.24) is 0 Å². The first-order valence-corrected chi connectivity index (χ1v) is 6.35. The van der Waals surface area contributed by atoms with Crippen molar-refractivity contribution in [2.24, 2.45) is 0 Å². The summed E-state index contributed by atoms with van der Waals surface area (Å²) in [6.45, 7) is 0. The van der Waals surface area contributed by atoms with Crippen LogP contribution in [-0.2, 0) is 0 Å². The molecule has 2 aromatic rings. The zero-order valence-electron chi connectivity index (χ0n) is 9.34. The van der Waals surface area contributed by atoms with Crippen molar-refractivity contribution in [2.45, 2.75) is 4.90 Å². The topological polar surface area (TPSA) is 44.0 Å². The van der Waals surface area contributed by atoms with Crippen molar-refractivity contribution in [3.05, 3.63) is 48.0 Å². The molecule has 2 nitrogen and oxygen atoms in total. The van der Waals surface area contributed by atoms with Crippen LogP contribution in [-0.4, -0.2) is 11.4 Å².